The minimum absolute atomic E-state index is 0.406. The van der Waals surface area contributed by atoms with Crippen LogP contribution >= 0.6 is 0 Å². The molecule has 0 amide bonds. The van der Waals surface area contributed by atoms with Gasteiger partial charge in [-0.05, 0) is 38.2 Å². The van der Waals surface area contributed by atoms with Gasteiger partial charge in [-0.15, -0.1) is 0 Å². The molecule has 1 aliphatic carbocycles. The normalized spacial score (nSPS) is 18.8. The van der Waals surface area contributed by atoms with Crippen molar-refractivity contribution in [1.29, 1.82) is 0 Å². The van der Waals surface area contributed by atoms with Crippen LogP contribution in [-0.4, -0.2) is 12.2 Å². The van der Waals surface area contributed by atoms with Crippen molar-refractivity contribution < 1.29 is 4.74 Å². The van der Waals surface area contributed by atoms with Crippen molar-refractivity contribution >= 4 is 0 Å². The maximum atomic E-state index is 6.03. The molecule has 0 heterocycles. The van der Waals surface area contributed by atoms with Crippen molar-refractivity contribution in [2.24, 2.45) is 0 Å². The first-order valence-electron chi connectivity index (χ1n) is 6.54. The zero-order valence-electron chi connectivity index (χ0n) is 10.2. The smallest absolute Gasteiger partial charge is 0.0578 e. The molecule has 1 atom stereocenters. The van der Waals surface area contributed by atoms with Crippen molar-refractivity contribution in [3.63, 3.8) is 0 Å². The highest BCUT2D eigenvalue weighted by Gasteiger charge is 2.17. The van der Waals surface area contributed by atoms with E-state index in [4.69, 9.17) is 4.74 Å². The van der Waals surface area contributed by atoms with Crippen molar-refractivity contribution in [1.82, 2.24) is 0 Å². The molecule has 0 aliphatic heterocycles. The lowest BCUT2D eigenvalue weighted by Gasteiger charge is -2.18. The molecule has 1 aromatic carbocycles. The molecule has 1 heteroatoms. The molecule has 0 radical (unpaired) electrons. The molecule has 1 unspecified atom stereocenters. The third-order valence-corrected chi connectivity index (χ3v) is 3.41. The van der Waals surface area contributed by atoms with Crippen molar-refractivity contribution in [2.75, 3.05) is 0 Å². The van der Waals surface area contributed by atoms with Crippen molar-refractivity contribution in [3.05, 3.63) is 35.9 Å². The lowest BCUT2D eigenvalue weighted by Crippen LogP contribution is -2.17. The Bertz CT molecular complexity index is 288. The summed E-state index contributed by atoms with van der Waals surface area (Å²) in [5, 5.41) is 0. The molecule has 1 nitrogen and oxygen atoms in total. The monoisotopic (exact) mass is 218 g/mol. The summed E-state index contributed by atoms with van der Waals surface area (Å²) in [6, 6.07) is 10.7. The van der Waals surface area contributed by atoms with Gasteiger partial charge in [-0.1, -0.05) is 43.2 Å². The summed E-state index contributed by atoms with van der Waals surface area (Å²) >= 11 is 0. The quantitative estimate of drug-likeness (QED) is 0.726. The number of hydrogen-bond donors (Lipinski definition) is 0. The van der Waals surface area contributed by atoms with Gasteiger partial charge in [0, 0.05) is 0 Å². The van der Waals surface area contributed by atoms with E-state index in [0.29, 0.717) is 12.2 Å². The molecule has 1 fully saturated rings. The second kappa shape index (κ2) is 6.05. The average Bonchev–Trinajstić information content (AvgIpc) is 2.81. The van der Waals surface area contributed by atoms with E-state index in [9.17, 15) is 0 Å². The highest BCUT2D eigenvalue weighted by atomic mass is 16.5. The highest BCUT2D eigenvalue weighted by molar-refractivity contribution is 5.14. The first-order valence-corrected chi connectivity index (χ1v) is 6.54. The maximum Gasteiger partial charge on any atom is 0.0578 e. The van der Waals surface area contributed by atoms with Gasteiger partial charge < -0.3 is 4.74 Å². The Balaban J connectivity index is 1.69. The van der Waals surface area contributed by atoms with Crippen LogP contribution in [0.5, 0.6) is 0 Å². The molecule has 0 bridgehead atoms. The molecule has 1 saturated carbocycles. The molecule has 0 N–H and O–H groups in total. The molecule has 1 aliphatic rings. The number of hydrogen-bond acceptors (Lipinski definition) is 1. The summed E-state index contributed by atoms with van der Waals surface area (Å²) in [4.78, 5) is 0. The summed E-state index contributed by atoms with van der Waals surface area (Å²) in [5.74, 6) is 0. The first-order chi connectivity index (χ1) is 7.84. The van der Waals surface area contributed by atoms with Gasteiger partial charge in [0.2, 0.25) is 0 Å². The SMILES string of the molecule is CC(CCc1ccccc1)OC1CCCC1. The van der Waals surface area contributed by atoms with Crippen LogP contribution in [0.25, 0.3) is 0 Å². The van der Waals surface area contributed by atoms with Crippen LogP contribution in [0.4, 0.5) is 0 Å². The maximum absolute atomic E-state index is 6.03. The van der Waals surface area contributed by atoms with Crippen LogP contribution in [0.1, 0.15) is 44.6 Å². The molecule has 0 spiro atoms. The van der Waals surface area contributed by atoms with Crippen LogP contribution in [0.2, 0.25) is 0 Å². The predicted molar refractivity (Wildman–Crippen MR) is 67.6 cm³/mol. The Morgan fingerprint density at radius 1 is 1.19 bits per heavy atom. The van der Waals surface area contributed by atoms with Gasteiger partial charge in [-0.3, -0.25) is 0 Å². The van der Waals surface area contributed by atoms with Crippen LogP contribution in [0.3, 0.4) is 0 Å². The van der Waals surface area contributed by atoms with Gasteiger partial charge >= 0.3 is 0 Å². The van der Waals surface area contributed by atoms with E-state index < -0.39 is 0 Å². The van der Waals surface area contributed by atoms with Gasteiger partial charge in [-0.25, -0.2) is 0 Å². The van der Waals surface area contributed by atoms with E-state index in [-0.39, 0.29) is 0 Å². The van der Waals surface area contributed by atoms with Gasteiger partial charge in [0.05, 0.1) is 12.2 Å². The van der Waals surface area contributed by atoms with E-state index in [1.165, 1.54) is 31.2 Å². The number of rotatable bonds is 5. The van der Waals surface area contributed by atoms with Crippen LogP contribution in [-0.2, 0) is 11.2 Å². The molecule has 0 aromatic heterocycles. The lowest BCUT2D eigenvalue weighted by molar-refractivity contribution is -0.00152. The Labute approximate surface area is 98.8 Å². The van der Waals surface area contributed by atoms with Gasteiger partial charge in [0.1, 0.15) is 0 Å². The van der Waals surface area contributed by atoms with Crippen molar-refractivity contribution in [2.45, 2.75) is 57.7 Å². The van der Waals surface area contributed by atoms with Gasteiger partial charge in [0.15, 0.2) is 0 Å². The summed E-state index contributed by atoms with van der Waals surface area (Å²) in [6.07, 6.45) is 8.49. The Kier molecular flexibility index (Phi) is 4.41. The van der Waals surface area contributed by atoms with E-state index in [2.05, 4.69) is 37.3 Å². The van der Waals surface area contributed by atoms with Gasteiger partial charge in [0.25, 0.3) is 0 Å². The average molecular weight is 218 g/mol. The van der Waals surface area contributed by atoms with Crippen LogP contribution < -0.4 is 0 Å². The molecule has 0 saturated heterocycles. The summed E-state index contributed by atoms with van der Waals surface area (Å²) < 4.78 is 6.03. The number of ether oxygens (including phenoxy) is 1. The minimum Gasteiger partial charge on any atom is -0.375 e. The predicted octanol–water partition coefficient (Wildman–Crippen LogP) is 3.97. The number of benzene rings is 1. The number of aryl methyl sites for hydroxylation is 1. The third kappa shape index (κ3) is 3.64. The molecular formula is C15H22O. The van der Waals surface area contributed by atoms with E-state index in [1.807, 2.05) is 0 Å². The zero-order valence-corrected chi connectivity index (χ0v) is 10.2. The van der Waals surface area contributed by atoms with E-state index in [1.54, 1.807) is 0 Å². The largest absolute Gasteiger partial charge is 0.375 e. The fraction of sp³-hybridized carbons (Fsp3) is 0.600. The summed E-state index contributed by atoms with van der Waals surface area (Å²) in [6.45, 7) is 2.21. The fourth-order valence-corrected chi connectivity index (χ4v) is 2.44. The molecule has 88 valence electrons. The molecule has 2 rings (SSSR count). The van der Waals surface area contributed by atoms with Crippen LogP contribution in [0, 0.1) is 0 Å². The summed E-state index contributed by atoms with van der Waals surface area (Å²) in [5.41, 5.74) is 1.42. The standard InChI is InChI=1S/C15H22O/c1-13(16-15-9-5-6-10-15)11-12-14-7-3-2-4-8-14/h2-4,7-8,13,15H,5-6,9-12H2,1H3. The minimum atomic E-state index is 0.406. The second-order valence-corrected chi connectivity index (χ2v) is 4.88. The first kappa shape index (κ1) is 11.7. The zero-order chi connectivity index (χ0) is 11.2. The topological polar surface area (TPSA) is 9.23 Å². The summed E-state index contributed by atoms with van der Waals surface area (Å²) in [7, 11) is 0. The molecule has 16 heavy (non-hydrogen) atoms. The third-order valence-electron chi connectivity index (χ3n) is 3.41. The molecule has 1 aromatic rings. The Morgan fingerprint density at radius 2 is 1.88 bits per heavy atom. The molecular weight excluding hydrogens is 196 g/mol. The second-order valence-electron chi connectivity index (χ2n) is 4.88. The van der Waals surface area contributed by atoms with Gasteiger partial charge in [-0.2, -0.15) is 0 Å². The fourth-order valence-electron chi connectivity index (χ4n) is 2.44. The van der Waals surface area contributed by atoms with Crippen LogP contribution in [0.15, 0.2) is 30.3 Å². The Hall–Kier alpha value is -0.820. The lowest BCUT2D eigenvalue weighted by atomic mass is 10.1. The van der Waals surface area contributed by atoms with Crippen molar-refractivity contribution in [3.8, 4) is 0 Å². The Morgan fingerprint density at radius 3 is 2.56 bits per heavy atom. The highest BCUT2D eigenvalue weighted by Crippen LogP contribution is 2.23. The van der Waals surface area contributed by atoms with E-state index in [0.717, 1.165) is 12.8 Å². The van der Waals surface area contributed by atoms with E-state index >= 15 is 0 Å².